The number of carbonyl (C=O) groups is 3. The summed E-state index contributed by atoms with van der Waals surface area (Å²) in [6.07, 6.45) is 3.40. The smallest absolute Gasteiger partial charge is 0.295 e. The van der Waals surface area contributed by atoms with Gasteiger partial charge in [0.15, 0.2) is 0 Å². The molecule has 158 valence electrons. The summed E-state index contributed by atoms with van der Waals surface area (Å²) in [4.78, 5) is 51.8. The first-order valence-corrected chi connectivity index (χ1v) is 10.4. The Morgan fingerprint density at radius 3 is 2.23 bits per heavy atom. The molecule has 0 spiro atoms. The Hall–Kier alpha value is -3.16. The molecular weight excluding hydrogens is 384 g/mol. The van der Waals surface area contributed by atoms with Crippen molar-refractivity contribution in [1.82, 2.24) is 14.3 Å². The van der Waals surface area contributed by atoms with Crippen molar-refractivity contribution in [1.29, 1.82) is 0 Å². The van der Waals surface area contributed by atoms with Crippen molar-refractivity contribution < 1.29 is 14.4 Å². The molecule has 0 radical (unpaired) electrons. The lowest BCUT2D eigenvalue weighted by Crippen LogP contribution is -2.34. The molecule has 1 aliphatic carbocycles. The molecule has 1 aliphatic heterocycles. The maximum Gasteiger partial charge on any atom is 0.295 e. The second kappa shape index (κ2) is 7.93. The van der Waals surface area contributed by atoms with Crippen LogP contribution < -0.4 is 10.9 Å². The van der Waals surface area contributed by atoms with E-state index in [1.54, 1.807) is 18.7 Å². The fraction of sp³-hybridized carbons (Fsp3) is 0.455. The van der Waals surface area contributed by atoms with E-state index in [1.807, 2.05) is 30.3 Å². The van der Waals surface area contributed by atoms with E-state index >= 15 is 0 Å². The molecule has 2 atom stereocenters. The number of amides is 3. The number of nitrogens with zero attached hydrogens (tertiary/aromatic N) is 3. The fourth-order valence-electron chi connectivity index (χ4n) is 4.58. The van der Waals surface area contributed by atoms with Crippen LogP contribution in [0, 0.1) is 18.8 Å². The molecule has 30 heavy (non-hydrogen) atoms. The summed E-state index contributed by atoms with van der Waals surface area (Å²) >= 11 is 0. The number of likely N-dealkylation sites (tertiary alicyclic amines) is 1. The van der Waals surface area contributed by atoms with Crippen molar-refractivity contribution in [3.63, 3.8) is 0 Å². The molecule has 3 amide bonds. The summed E-state index contributed by atoms with van der Waals surface area (Å²) in [7, 11) is 1.75. The zero-order valence-electron chi connectivity index (χ0n) is 17.3. The van der Waals surface area contributed by atoms with E-state index < -0.39 is 5.91 Å². The van der Waals surface area contributed by atoms with Crippen LogP contribution >= 0.6 is 0 Å². The number of hydrogen-bond acceptors (Lipinski definition) is 4. The summed E-state index contributed by atoms with van der Waals surface area (Å²) in [5.74, 6) is -1.14. The summed E-state index contributed by atoms with van der Waals surface area (Å²) in [6.45, 7) is 1.81. The maximum absolute atomic E-state index is 12.9. The molecule has 1 aromatic carbocycles. The van der Waals surface area contributed by atoms with Gasteiger partial charge in [-0.2, -0.15) is 0 Å². The van der Waals surface area contributed by atoms with Crippen molar-refractivity contribution in [2.75, 3.05) is 11.9 Å². The van der Waals surface area contributed by atoms with Gasteiger partial charge in [0.25, 0.3) is 5.56 Å². The number of para-hydroxylation sites is 1. The molecule has 2 aromatic rings. The minimum Gasteiger partial charge on any atom is -0.320 e. The van der Waals surface area contributed by atoms with Gasteiger partial charge in [-0.3, -0.25) is 28.8 Å². The largest absolute Gasteiger partial charge is 0.320 e. The lowest BCUT2D eigenvalue weighted by Gasteiger charge is -2.19. The van der Waals surface area contributed by atoms with Crippen molar-refractivity contribution in [2.45, 2.75) is 39.0 Å². The Balaban J connectivity index is 1.46. The lowest BCUT2D eigenvalue weighted by molar-refractivity contribution is -0.140. The molecule has 1 aromatic heterocycles. The molecule has 1 saturated carbocycles. The van der Waals surface area contributed by atoms with Crippen LogP contribution in [-0.2, 0) is 21.4 Å². The molecule has 0 bridgehead atoms. The first kappa shape index (κ1) is 20.1. The average molecular weight is 410 g/mol. The fourth-order valence-corrected chi connectivity index (χ4v) is 4.58. The summed E-state index contributed by atoms with van der Waals surface area (Å²) in [5.41, 5.74) is 1.20. The van der Waals surface area contributed by atoms with Crippen LogP contribution in [0.15, 0.2) is 35.1 Å². The molecule has 8 heteroatoms. The van der Waals surface area contributed by atoms with E-state index in [2.05, 4.69) is 5.32 Å². The van der Waals surface area contributed by atoms with Crippen LogP contribution in [0.5, 0.6) is 0 Å². The molecule has 4 rings (SSSR count). The SMILES string of the molecule is Cc1c(NC(=O)CCN2C(=O)[C@H]3CCCC[C@@H]3C2=O)c(=O)n(-c2ccccc2)n1C. The third-order valence-electron chi connectivity index (χ3n) is 6.31. The molecule has 0 unspecified atom stereocenters. The number of imide groups is 1. The normalized spacial score (nSPS) is 21.1. The Bertz CT molecular complexity index is 1030. The molecule has 2 heterocycles. The minimum atomic E-state index is -0.392. The Morgan fingerprint density at radius 1 is 1.03 bits per heavy atom. The lowest BCUT2D eigenvalue weighted by atomic mass is 9.81. The van der Waals surface area contributed by atoms with Crippen molar-refractivity contribution in [2.24, 2.45) is 18.9 Å². The van der Waals surface area contributed by atoms with Gasteiger partial charge in [0.05, 0.1) is 23.2 Å². The number of carbonyl (C=O) groups excluding carboxylic acids is 3. The summed E-state index contributed by atoms with van der Waals surface area (Å²) in [5, 5.41) is 2.68. The Morgan fingerprint density at radius 2 is 1.63 bits per heavy atom. The molecule has 1 N–H and O–H groups in total. The minimum absolute atomic E-state index is 0.0317. The van der Waals surface area contributed by atoms with Crippen LogP contribution in [0.25, 0.3) is 5.69 Å². The van der Waals surface area contributed by atoms with E-state index in [1.165, 1.54) is 9.58 Å². The van der Waals surface area contributed by atoms with Crippen LogP contribution in [0.4, 0.5) is 5.69 Å². The predicted octanol–water partition coefficient (Wildman–Crippen LogP) is 1.99. The molecule has 8 nitrogen and oxygen atoms in total. The topological polar surface area (TPSA) is 93.4 Å². The number of rotatable bonds is 5. The average Bonchev–Trinajstić information content (AvgIpc) is 3.12. The van der Waals surface area contributed by atoms with Gasteiger partial charge in [-0.15, -0.1) is 0 Å². The molecular formula is C22H26N4O4. The monoisotopic (exact) mass is 410 g/mol. The molecule has 2 aliphatic rings. The van der Waals surface area contributed by atoms with Crippen LogP contribution in [0.3, 0.4) is 0 Å². The van der Waals surface area contributed by atoms with Gasteiger partial charge in [0.2, 0.25) is 17.7 Å². The van der Waals surface area contributed by atoms with Gasteiger partial charge in [-0.1, -0.05) is 31.0 Å². The van der Waals surface area contributed by atoms with Crippen LogP contribution in [0.2, 0.25) is 0 Å². The highest BCUT2D eigenvalue weighted by atomic mass is 16.2. The number of fused-ring (bicyclic) bond motifs is 1. The van der Waals surface area contributed by atoms with Gasteiger partial charge in [0, 0.05) is 20.0 Å². The number of hydrogen-bond donors (Lipinski definition) is 1. The highest BCUT2D eigenvalue weighted by molar-refractivity contribution is 6.05. The maximum atomic E-state index is 12.9. The van der Waals surface area contributed by atoms with E-state index in [-0.39, 0.29) is 47.9 Å². The van der Waals surface area contributed by atoms with Crippen LogP contribution in [-0.4, -0.2) is 38.5 Å². The van der Waals surface area contributed by atoms with Crippen molar-refractivity contribution in [3.8, 4) is 5.69 Å². The van der Waals surface area contributed by atoms with E-state index in [0.29, 0.717) is 11.4 Å². The van der Waals surface area contributed by atoms with Gasteiger partial charge < -0.3 is 5.32 Å². The van der Waals surface area contributed by atoms with Crippen LogP contribution in [0.1, 0.15) is 37.8 Å². The molecule has 1 saturated heterocycles. The third kappa shape index (κ3) is 3.36. The van der Waals surface area contributed by atoms with E-state index in [4.69, 9.17) is 0 Å². The van der Waals surface area contributed by atoms with Gasteiger partial charge >= 0.3 is 0 Å². The second-order valence-electron chi connectivity index (χ2n) is 8.06. The van der Waals surface area contributed by atoms with Crippen molar-refractivity contribution >= 4 is 23.4 Å². The van der Waals surface area contributed by atoms with Crippen molar-refractivity contribution in [3.05, 3.63) is 46.4 Å². The standard InChI is InChI=1S/C22H26N4O4/c1-14-19(22(30)26(24(14)2)15-8-4-3-5-9-15)23-18(27)12-13-25-20(28)16-10-6-7-11-17(16)21(25)29/h3-5,8-9,16-17H,6-7,10-13H2,1-2H3,(H,23,27)/t16-,17-/m0/s1. The molecule has 2 fully saturated rings. The second-order valence-corrected chi connectivity index (χ2v) is 8.06. The highest BCUT2D eigenvalue weighted by Gasteiger charge is 2.47. The van der Waals surface area contributed by atoms with Gasteiger partial charge in [0.1, 0.15) is 5.69 Å². The zero-order chi connectivity index (χ0) is 21.4. The third-order valence-corrected chi connectivity index (χ3v) is 6.31. The number of aromatic nitrogens is 2. The first-order valence-electron chi connectivity index (χ1n) is 10.4. The van der Waals surface area contributed by atoms with Gasteiger partial charge in [-0.25, -0.2) is 4.68 Å². The van der Waals surface area contributed by atoms with E-state index in [0.717, 1.165) is 25.7 Å². The predicted molar refractivity (Wildman–Crippen MR) is 111 cm³/mol. The first-order chi connectivity index (χ1) is 14.4. The van der Waals surface area contributed by atoms with Gasteiger partial charge in [-0.05, 0) is 31.9 Å². The number of anilines is 1. The summed E-state index contributed by atoms with van der Waals surface area (Å²) < 4.78 is 3.18. The van der Waals surface area contributed by atoms with E-state index in [9.17, 15) is 19.2 Å². The Kier molecular flexibility index (Phi) is 5.32. The highest BCUT2D eigenvalue weighted by Crippen LogP contribution is 2.37. The zero-order valence-corrected chi connectivity index (χ0v) is 17.3. The summed E-state index contributed by atoms with van der Waals surface area (Å²) in [6, 6.07) is 9.17. The Labute approximate surface area is 174 Å². The number of benzene rings is 1. The quantitative estimate of drug-likeness (QED) is 0.763. The number of nitrogens with one attached hydrogen (secondary N) is 1.